The molecule has 1 heterocycles. The van der Waals surface area contributed by atoms with Gasteiger partial charge in [-0.2, -0.15) is 0 Å². The average Bonchev–Trinajstić information content (AvgIpc) is 2.20. The molecule has 1 aliphatic rings. The van der Waals surface area contributed by atoms with Crippen LogP contribution in [0.4, 0.5) is 0 Å². The lowest BCUT2D eigenvalue weighted by Crippen LogP contribution is -2.38. The lowest BCUT2D eigenvalue weighted by atomic mass is 9.97. The number of carbonyl (C=O) groups is 1. The molecular weight excluding hydrogens is 182 g/mol. The zero-order valence-corrected chi connectivity index (χ0v) is 8.79. The molecule has 1 saturated heterocycles. The van der Waals surface area contributed by atoms with Crippen molar-refractivity contribution in [3.63, 3.8) is 0 Å². The van der Waals surface area contributed by atoms with Gasteiger partial charge in [-0.05, 0) is 32.9 Å². The van der Waals surface area contributed by atoms with E-state index in [2.05, 4.69) is 4.90 Å². The standard InChI is InChI=1S/C10H19NO3/c1-2-14-10(13)9-3-5-11(6-4-9)7-8-12/h9,12H,2-8H2,1H3/p+1. The number of likely N-dealkylation sites (tertiary alicyclic amines) is 1. The van der Waals surface area contributed by atoms with Gasteiger partial charge in [0, 0.05) is 0 Å². The Bertz CT molecular complexity index is 176. The second-order valence-corrected chi connectivity index (χ2v) is 3.62. The predicted molar refractivity (Wildman–Crippen MR) is 54.3 cm³/mol. The second-order valence-electron chi connectivity index (χ2n) is 3.62. The van der Waals surface area contributed by atoms with E-state index in [1.54, 1.807) is 0 Å². The fourth-order valence-corrected chi connectivity index (χ4v) is 1.81. The van der Waals surface area contributed by atoms with Crippen LogP contribution in [-0.4, -0.2) is 48.8 Å². The Morgan fingerprint density at radius 3 is 2.64 bits per heavy atom. The first-order chi connectivity index (χ1) is 6.77. The number of hydrogen-bond acceptors (Lipinski definition) is 3. The van der Waals surface area contributed by atoms with Gasteiger partial charge in [0.15, 0.2) is 6.61 Å². The van der Waals surface area contributed by atoms with E-state index in [4.69, 9.17) is 9.84 Å². The van der Waals surface area contributed by atoms with E-state index in [0.29, 0.717) is 13.2 Å². The molecule has 0 aromatic heterocycles. The van der Waals surface area contributed by atoms with Crippen LogP contribution in [0.25, 0.3) is 0 Å². The van der Waals surface area contributed by atoms with Crippen molar-refractivity contribution in [3.8, 4) is 0 Å². The average molecular weight is 202 g/mol. The summed E-state index contributed by atoms with van der Waals surface area (Å²) in [5.74, 6) is 0.0509. The lowest BCUT2D eigenvalue weighted by molar-refractivity contribution is -0.149. The highest BCUT2D eigenvalue weighted by molar-refractivity contribution is 5.72. The van der Waals surface area contributed by atoms with Crippen LogP contribution in [0.3, 0.4) is 0 Å². The van der Waals surface area contributed by atoms with Gasteiger partial charge in [0.2, 0.25) is 0 Å². The fourth-order valence-electron chi connectivity index (χ4n) is 1.81. The normalized spacial score (nSPS) is 19.6. The molecule has 0 unspecified atom stereocenters. The number of carbonyl (C=O) groups excluding carboxylic acids is 1. The van der Waals surface area contributed by atoms with E-state index in [9.17, 15) is 4.79 Å². The first-order valence-electron chi connectivity index (χ1n) is 5.31. The number of rotatable bonds is 4. The number of hydrogen-bond donors (Lipinski definition) is 0. The minimum atomic E-state index is -0.0435. The summed E-state index contributed by atoms with van der Waals surface area (Å²) in [6.07, 6.45) is 1.78. The molecule has 0 aromatic rings. The van der Waals surface area contributed by atoms with Gasteiger partial charge in [0.1, 0.15) is 0 Å². The zero-order valence-electron chi connectivity index (χ0n) is 8.79. The molecule has 4 heteroatoms. The van der Waals surface area contributed by atoms with E-state index in [1.807, 2.05) is 6.92 Å². The van der Waals surface area contributed by atoms with Gasteiger partial charge in [-0.1, -0.05) is 0 Å². The molecule has 0 amide bonds. The molecule has 0 aliphatic carbocycles. The van der Waals surface area contributed by atoms with Crippen molar-refractivity contribution in [2.75, 3.05) is 32.8 Å². The molecule has 0 spiro atoms. The Balaban J connectivity index is 2.24. The Labute approximate surface area is 84.8 Å². The maximum Gasteiger partial charge on any atom is 0.309 e. The van der Waals surface area contributed by atoms with Gasteiger partial charge in [0.05, 0.1) is 19.1 Å². The fraction of sp³-hybridized carbons (Fsp3) is 0.900. The van der Waals surface area contributed by atoms with Crippen molar-refractivity contribution in [2.45, 2.75) is 19.8 Å². The predicted octanol–water partition coefficient (Wildman–Crippen LogP) is -0.0139. The van der Waals surface area contributed by atoms with Crippen LogP contribution in [0.1, 0.15) is 19.8 Å². The number of nitrogens with zero attached hydrogens (tertiary/aromatic N) is 1. The molecule has 0 atom stereocenters. The molecule has 0 radical (unpaired) electrons. The third kappa shape index (κ3) is 3.27. The highest BCUT2D eigenvalue weighted by atomic mass is 16.5. The van der Waals surface area contributed by atoms with Crippen LogP contribution in [0.2, 0.25) is 0 Å². The van der Waals surface area contributed by atoms with Gasteiger partial charge in [-0.15, -0.1) is 0 Å². The van der Waals surface area contributed by atoms with Crippen LogP contribution in [-0.2, 0) is 9.53 Å². The maximum absolute atomic E-state index is 11.4. The van der Waals surface area contributed by atoms with Gasteiger partial charge in [0.25, 0.3) is 0 Å². The summed E-state index contributed by atoms with van der Waals surface area (Å²) >= 11 is 0. The summed E-state index contributed by atoms with van der Waals surface area (Å²) in [6.45, 7) is 5.46. The molecule has 1 aliphatic heterocycles. The molecule has 82 valence electrons. The summed E-state index contributed by atoms with van der Waals surface area (Å²) in [7, 11) is 0. The lowest BCUT2D eigenvalue weighted by Gasteiger charge is -2.29. The van der Waals surface area contributed by atoms with E-state index in [-0.39, 0.29) is 11.9 Å². The van der Waals surface area contributed by atoms with Gasteiger partial charge < -0.3 is 9.84 Å². The molecule has 2 N–H and O–H groups in total. The summed E-state index contributed by atoms with van der Waals surface area (Å²) in [4.78, 5) is 13.6. The summed E-state index contributed by atoms with van der Waals surface area (Å²) in [6, 6.07) is 0. The Kier molecular flexibility index (Phi) is 4.90. The van der Waals surface area contributed by atoms with Crippen LogP contribution < -0.4 is 0 Å². The monoisotopic (exact) mass is 202 g/mol. The molecule has 14 heavy (non-hydrogen) atoms. The second kappa shape index (κ2) is 5.98. The van der Waals surface area contributed by atoms with Crippen molar-refractivity contribution in [1.29, 1.82) is 0 Å². The highest BCUT2D eigenvalue weighted by Gasteiger charge is 2.25. The molecule has 0 aromatic carbocycles. The van der Waals surface area contributed by atoms with Gasteiger partial charge >= 0.3 is 5.97 Å². The Morgan fingerprint density at radius 1 is 1.50 bits per heavy atom. The molecule has 4 nitrogen and oxygen atoms in total. The van der Waals surface area contributed by atoms with Crippen molar-refractivity contribution in [1.82, 2.24) is 4.90 Å². The molecule has 1 rings (SSSR count). The van der Waals surface area contributed by atoms with Crippen LogP contribution in [0.5, 0.6) is 0 Å². The van der Waals surface area contributed by atoms with E-state index in [0.717, 1.165) is 32.5 Å². The highest BCUT2D eigenvalue weighted by Crippen LogP contribution is 2.18. The number of ether oxygens (including phenoxy) is 1. The number of piperidine rings is 1. The van der Waals surface area contributed by atoms with E-state index in [1.165, 1.54) is 0 Å². The minimum absolute atomic E-state index is 0.0435. The van der Waals surface area contributed by atoms with Crippen LogP contribution in [0.15, 0.2) is 0 Å². The van der Waals surface area contributed by atoms with Crippen molar-refractivity contribution < 1.29 is 14.6 Å². The minimum Gasteiger partial charge on any atom is -0.466 e. The first kappa shape index (κ1) is 11.5. The van der Waals surface area contributed by atoms with E-state index < -0.39 is 0 Å². The first-order valence-corrected chi connectivity index (χ1v) is 5.31. The van der Waals surface area contributed by atoms with Crippen LogP contribution >= 0.6 is 0 Å². The quantitative estimate of drug-likeness (QED) is 0.476. The van der Waals surface area contributed by atoms with Crippen molar-refractivity contribution in [2.24, 2.45) is 5.92 Å². The smallest absolute Gasteiger partial charge is 0.309 e. The third-order valence-electron chi connectivity index (χ3n) is 2.64. The summed E-state index contributed by atoms with van der Waals surface area (Å²) in [5, 5.41) is 7.11. The zero-order chi connectivity index (χ0) is 10.4. The molecule has 0 saturated carbocycles. The topological polar surface area (TPSA) is 52.4 Å². The van der Waals surface area contributed by atoms with Crippen LogP contribution in [0, 0.1) is 5.92 Å². The third-order valence-corrected chi connectivity index (χ3v) is 2.64. The Hall–Kier alpha value is -0.610. The van der Waals surface area contributed by atoms with Crippen molar-refractivity contribution in [3.05, 3.63) is 0 Å². The summed E-state index contributed by atoms with van der Waals surface area (Å²) < 4.78 is 4.98. The largest absolute Gasteiger partial charge is 0.466 e. The Morgan fingerprint density at radius 2 is 2.14 bits per heavy atom. The van der Waals surface area contributed by atoms with Gasteiger partial charge in [-0.3, -0.25) is 9.69 Å². The van der Waals surface area contributed by atoms with Crippen molar-refractivity contribution >= 4 is 5.97 Å². The molecule has 0 bridgehead atoms. The summed E-state index contributed by atoms with van der Waals surface area (Å²) in [5.41, 5.74) is 0. The SMILES string of the molecule is CCOC(=O)C1CCN(CC[OH2+])CC1. The maximum atomic E-state index is 11.4. The molecular formula is C10H20NO3+. The van der Waals surface area contributed by atoms with Gasteiger partial charge in [-0.25, -0.2) is 0 Å². The van der Waals surface area contributed by atoms with E-state index >= 15 is 0 Å². The molecule has 1 fully saturated rings. The number of esters is 1.